The molecule has 0 spiro atoms. The summed E-state index contributed by atoms with van der Waals surface area (Å²) >= 11 is 0. The third-order valence-corrected chi connectivity index (χ3v) is 4.57. The van der Waals surface area contributed by atoms with Crippen LogP contribution in [0.4, 0.5) is 0 Å². The average Bonchev–Trinajstić information content (AvgIpc) is 2.64. The first-order chi connectivity index (χ1) is 12.2. The van der Waals surface area contributed by atoms with E-state index in [4.69, 9.17) is 9.47 Å². The fraction of sp³-hybridized carbons (Fsp3) is 0.350. The molecular formula is C20H21N3O2. The summed E-state index contributed by atoms with van der Waals surface area (Å²) in [6, 6.07) is 8.24. The predicted octanol–water partition coefficient (Wildman–Crippen LogP) is 3.87. The van der Waals surface area contributed by atoms with Crippen LogP contribution in [0.5, 0.6) is 5.75 Å². The third kappa shape index (κ3) is 3.33. The molecule has 0 N–H and O–H groups in total. The maximum Gasteiger partial charge on any atom is 0.146 e. The number of rotatable bonds is 3. The van der Waals surface area contributed by atoms with Crippen LogP contribution in [0.2, 0.25) is 0 Å². The van der Waals surface area contributed by atoms with E-state index >= 15 is 0 Å². The van der Waals surface area contributed by atoms with Gasteiger partial charge in [-0.05, 0) is 37.6 Å². The van der Waals surface area contributed by atoms with E-state index in [0.29, 0.717) is 0 Å². The zero-order chi connectivity index (χ0) is 17.2. The van der Waals surface area contributed by atoms with Crippen LogP contribution in [0.3, 0.4) is 0 Å². The van der Waals surface area contributed by atoms with Crippen molar-refractivity contribution < 1.29 is 9.47 Å². The zero-order valence-electron chi connectivity index (χ0n) is 14.5. The number of ether oxygens (including phenoxy) is 2. The van der Waals surface area contributed by atoms with Crippen molar-refractivity contribution in [2.45, 2.75) is 32.8 Å². The molecule has 0 unspecified atom stereocenters. The topological polar surface area (TPSA) is 57.1 Å². The van der Waals surface area contributed by atoms with Crippen LogP contribution in [0.15, 0.2) is 36.8 Å². The van der Waals surface area contributed by atoms with Crippen LogP contribution in [0, 0.1) is 13.8 Å². The monoisotopic (exact) mass is 335 g/mol. The average molecular weight is 335 g/mol. The number of fused-ring (bicyclic) bond motifs is 1. The molecule has 0 saturated carbocycles. The molecule has 5 nitrogen and oxygen atoms in total. The standard InChI is InChI=1S/C20H21N3O2/c1-13-3-4-18(21-11-13)15-9-17-14(2)22-12-23-20(17)19(10-15)25-16-5-7-24-8-6-16/h3-4,9-12,16H,5-8H2,1-2H3. The molecule has 1 fully saturated rings. The fourth-order valence-electron chi connectivity index (χ4n) is 3.11. The summed E-state index contributed by atoms with van der Waals surface area (Å²) in [5, 5.41) is 1.00. The summed E-state index contributed by atoms with van der Waals surface area (Å²) in [7, 11) is 0. The van der Waals surface area contributed by atoms with Gasteiger partial charge in [-0.15, -0.1) is 0 Å². The Balaban J connectivity index is 1.81. The molecule has 1 aliphatic heterocycles. The van der Waals surface area contributed by atoms with E-state index in [2.05, 4.69) is 27.1 Å². The number of aromatic nitrogens is 3. The fourth-order valence-corrected chi connectivity index (χ4v) is 3.11. The van der Waals surface area contributed by atoms with Crippen molar-refractivity contribution in [3.8, 4) is 17.0 Å². The second-order valence-electron chi connectivity index (χ2n) is 6.48. The summed E-state index contributed by atoms with van der Waals surface area (Å²) in [5.41, 5.74) is 4.88. The van der Waals surface area contributed by atoms with Crippen molar-refractivity contribution in [1.29, 1.82) is 0 Å². The maximum absolute atomic E-state index is 6.31. The van der Waals surface area contributed by atoms with Gasteiger partial charge in [0.15, 0.2) is 0 Å². The lowest BCUT2D eigenvalue weighted by Crippen LogP contribution is -2.26. The maximum atomic E-state index is 6.31. The molecule has 1 aromatic carbocycles. The van der Waals surface area contributed by atoms with E-state index in [0.717, 1.165) is 65.2 Å². The molecule has 3 aromatic rings. The van der Waals surface area contributed by atoms with Gasteiger partial charge in [0, 0.05) is 35.7 Å². The minimum absolute atomic E-state index is 0.161. The van der Waals surface area contributed by atoms with E-state index < -0.39 is 0 Å². The smallest absolute Gasteiger partial charge is 0.146 e. The molecule has 0 aliphatic carbocycles. The van der Waals surface area contributed by atoms with Gasteiger partial charge >= 0.3 is 0 Å². The molecule has 0 atom stereocenters. The largest absolute Gasteiger partial charge is 0.488 e. The second kappa shape index (κ2) is 6.76. The first kappa shape index (κ1) is 16.0. The lowest BCUT2D eigenvalue weighted by Gasteiger charge is -2.24. The minimum Gasteiger partial charge on any atom is -0.488 e. The van der Waals surface area contributed by atoms with Gasteiger partial charge in [-0.3, -0.25) is 4.98 Å². The van der Waals surface area contributed by atoms with Gasteiger partial charge < -0.3 is 9.47 Å². The van der Waals surface area contributed by atoms with Crippen LogP contribution >= 0.6 is 0 Å². The van der Waals surface area contributed by atoms with Crippen LogP contribution in [0.25, 0.3) is 22.2 Å². The summed E-state index contributed by atoms with van der Waals surface area (Å²) in [4.78, 5) is 13.4. The highest BCUT2D eigenvalue weighted by atomic mass is 16.5. The van der Waals surface area contributed by atoms with E-state index in [9.17, 15) is 0 Å². The Morgan fingerprint density at radius 2 is 1.88 bits per heavy atom. The Morgan fingerprint density at radius 1 is 1.04 bits per heavy atom. The molecule has 0 radical (unpaired) electrons. The highest BCUT2D eigenvalue weighted by Gasteiger charge is 2.18. The summed E-state index contributed by atoms with van der Waals surface area (Å²) in [6.45, 7) is 5.52. The number of pyridine rings is 1. The van der Waals surface area contributed by atoms with Gasteiger partial charge in [-0.2, -0.15) is 0 Å². The normalized spacial score (nSPS) is 15.4. The lowest BCUT2D eigenvalue weighted by atomic mass is 10.0. The Labute approximate surface area is 147 Å². The van der Waals surface area contributed by atoms with Crippen molar-refractivity contribution in [2.24, 2.45) is 0 Å². The number of aryl methyl sites for hydroxylation is 2. The van der Waals surface area contributed by atoms with Gasteiger partial charge in [-0.1, -0.05) is 6.07 Å². The van der Waals surface area contributed by atoms with Gasteiger partial charge in [0.25, 0.3) is 0 Å². The molecular weight excluding hydrogens is 314 g/mol. The molecule has 4 rings (SSSR count). The minimum atomic E-state index is 0.161. The Hall–Kier alpha value is -2.53. The number of benzene rings is 1. The molecule has 3 heterocycles. The molecule has 1 aliphatic rings. The lowest BCUT2D eigenvalue weighted by molar-refractivity contribution is 0.0261. The number of hydrogen-bond donors (Lipinski definition) is 0. The van der Waals surface area contributed by atoms with E-state index in [1.807, 2.05) is 32.2 Å². The van der Waals surface area contributed by atoms with Crippen molar-refractivity contribution in [2.75, 3.05) is 13.2 Å². The van der Waals surface area contributed by atoms with Gasteiger partial charge in [0.05, 0.1) is 18.9 Å². The van der Waals surface area contributed by atoms with Crippen LogP contribution < -0.4 is 4.74 Å². The number of nitrogens with zero attached hydrogens (tertiary/aromatic N) is 3. The SMILES string of the molecule is Cc1ccc(-c2cc(OC3CCOCC3)c3ncnc(C)c3c2)nc1. The number of hydrogen-bond acceptors (Lipinski definition) is 5. The van der Waals surface area contributed by atoms with Gasteiger partial charge in [0.1, 0.15) is 23.7 Å². The Kier molecular flexibility index (Phi) is 4.32. The third-order valence-electron chi connectivity index (χ3n) is 4.57. The Bertz CT molecular complexity index is 887. The molecule has 2 aromatic heterocycles. The predicted molar refractivity (Wildman–Crippen MR) is 96.7 cm³/mol. The van der Waals surface area contributed by atoms with Gasteiger partial charge in [-0.25, -0.2) is 9.97 Å². The first-order valence-electron chi connectivity index (χ1n) is 8.63. The summed E-state index contributed by atoms with van der Waals surface area (Å²) in [6.07, 6.45) is 5.44. The van der Waals surface area contributed by atoms with Crippen LogP contribution in [-0.4, -0.2) is 34.3 Å². The molecule has 128 valence electrons. The van der Waals surface area contributed by atoms with Crippen molar-refractivity contribution in [3.05, 3.63) is 48.0 Å². The molecule has 0 amide bonds. The second-order valence-corrected chi connectivity index (χ2v) is 6.48. The van der Waals surface area contributed by atoms with Crippen LogP contribution in [0.1, 0.15) is 24.1 Å². The zero-order valence-corrected chi connectivity index (χ0v) is 14.5. The van der Waals surface area contributed by atoms with Crippen molar-refractivity contribution >= 4 is 10.9 Å². The van der Waals surface area contributed by atoms with Crippen molar-refractivity contribution in [1.82, 2.24) is 15.0 Å². The molecule has 1 saturated heterocycles. The van der Waals surface area contributed by atoms with E-state index in [1.165, 1.54) is 0 Å². The quantitative estimate of drug-likeness (QED) is 0.727. The van der Waals surface area contributed by atoms with E-state index in [1.54, 1.807) is 6.33 Å². The van der Waals surface area contributed by atoms with Crippen molar-refractivity contribution in [3.63, 3.8) is 0 Å². The molecule has 25 heavy (non-hydrogen) atoms. The molecule has 0 bridgehead atoms. The van der Waals surface area contributed by atoms with E-state index in [-0.39, 0.29) is 6.10 Å². The first-order valence-corrected chi connectivity index (χ1v) is 8.63. The Morgan fingerprint density at radius 3 is 2.64 bits per heavy atom. The summed E-state index contributed by atoms with van der Waals surface area (Å²) < 4.78 is 11.7. The van der Waals surface area contributed by atoms with Gasteiger partial charge in [0.2, 0.25) is 0 Å². The highest BCUT2D eigenvalue weighted by Crippen LogP contribution is 2.33. The summed E-state index contributed by atoms with van der Waals surface area (Å²) in [5.74, 6) is 0.798. The van der Waals surface area contributed by atoms with Crippen LogP contribution in [-0.2, 0) is 4.74 Å². The highest BCUT2D eigenvalue weighted by molar-refractivity contribution is 5.90. The molecule has 5 heteroatoms.